The molecule has 7 nitrogen and oxygen atoms in total. The van der Waals surface area contributed by atoms with Crippen molar-refractivity contribution in [3.8, 4) is 22.4 Å². The molecule has 1 fully saturated rings. The minimum absolute atomic E-state index is 0.114. The zero-order valence-electron chi connectivity index (χ0n) is 22.5. The summed E-state index contributed by atoms with van der Waals surface area (Å²) < 4.78 is 1.71. The minimum atomic E-state index is -0.114. The molecule has 0 saturated heterocycles. The van der Waals surface area contributed by atoms with Gasteiger partial charge in [-0.2, -0.15) is 4.98 Å². The van der Waals surface area contributed by atoms with Crippen molar-refractivity contribution >= 4 is 28.6 Å². The second kappa shape index (κ2) is 11.2. The minimum Gasteiger partial charge on any atom is -0.351 e. The number of fused-ring (bicyclic) bond motifs is 1. The number of nitrogens with one attached hydrogen (secondary N) is 1. The van der Waals surface area contributed by atoms with Crippen LogP contribution in [0.25, 0.3) is 33.4 Å². The zero-order valence-corrected chi connectivity index (χ0v) is 23.3. The molecule has 0 radical (unpaired) electrons. The van der Waals surface area contributed by atoms with Gasteiger partial charge in [-0.15, -0.1) is 0 Å². The molecule has 4 aromatic rings. The van der Waals surface area contributed by atoms with Gasteiger partial charge in [-0.05, 0) is 83.8 Å². The van der Waals surface area contributed by atoms with E-state index >= 15 is 0 Å². The number of benzene rings is 1. The Morgan fingerprint density at radius 3 is 2.53 bits per heavy atom. The molecule has 1 N–H and O–H groups in total. The van der Waals surface area contributed by atoms with Crippen LogP contribution < -0.4 is 10.9 Å². The summed E-state index contributed by atoms with van der Waals surface area (Å²) in [5.74, 6) is 1.33. The summed E-state index contributed by atoms with van der Waals surface area (Å²) in [6.07, 6.45) is 6.41. The quantitative estimate of drug-likeness (QED) is 0.314. The van der Waals surface area contributed by atoms with Gasteiger partial charge in [-0.25, -0.2) is 4.98 Å². The van der Waals surface area contributed by atoms with Gasteiger partial charge in [-0.1, -0.05) is 29.8 Å². The molecule has 0 spiro atoms. The Balaban J connectivity index is 1.42. The number of anilines is 1. The lowest BCUT2D eigenvalue weighted by molar-refractivity contribution is 0.255. The highest BCUT2D eigenvalue weighted by molar-refractivity contribution is 6.33. The van der Waals surface area contributed by atoms with E-state index in [4.69, 9.17) is 16.6 Å². The van der Waals surface area contributed by atoms with Gasteiger partial charge in [0, 0.05) is 58.1 Å². The maximum absolute atomic E-state index is 13.6. The summed E-state index contributed by atoms with van der Waals surface area (Å²) in [6.45, 7) is 5.56. The van der Waals surface area contributed by atoms with Gasteiger partial charge in [0.15, 0.2) is 0 Å². The van der Waals surface area contributed by atoms with Crippen molar-refractivity contribution in [1.29, 1.82) is 0 Å². The second-order valence-electron chi connectivity index (χ2n) is 10.6. The third kappa shape index (κ3) is 5.59. The first kappa shape index (κ1) is 26.3. The van der Waals surface area contributed by atoms with Crippen molar-refractivity contribution in [1.82, 2.24) is 24.4 Å². The van der Waals surface area contributed by atoms with E-state index in [-0.39, 0.29) is 5.56 Å². The van der Waals surface area contributed by atoms with Crippen LogP contribution >= 0.6 is 11.6 Å². The first-order valence-electron chi connectivity index (χ1n) is 13.4. The Labute approximate surface area is 228 Å². The number of pyridine rings is 2. The van der Waals surface area contributed by atoms with E-state index in [9.17, 15) is 4.79 Å². The Bertz CT molecular complexity index is 1510. The summed E-state index contributed by atoms with van der Waals surface area (Å²) in [5, 5.41) is 4.84. The van der Waals surface area contributed by atoms with Crippen LogP contribution in [0, 0.1) is 12.8 Å². The zero-order chi connectivity index (χ0) is 26.8. The molecule has 3 heterocycles. The molecular weight excluding hydrogens is 496 g/mol. The van der Waals surface area contributed by atoms with E-state index in [2.05, 4.69) is 34.3 Å². The Morgan fingerprint density at radius 1 is 1.05 bits per heavy atom. The standard InChI is InChI=1S/C30H35ClN6O/c1-5-37-28-22(17-32-30(35-28)34-23-12-9-20(10-13-23)18-36(3)4)15-25(29(37)38)24-14-11-21(16-26(24)31)27-8-6-7-19(2)33-27/h6-8,11,14-17,20,23H,5,9-10,12-13,18H2,1-4H3,(H,32,34,35)/t20-,23-. The largest absolute Gasteiger partial charge is 0.351 e. The van der Waals surface area contributed by atoms with Gasteiger partial charge in [0.05, 0.1) is 5.69 Å². The van der Waals surface area contributed by atoms with Crippen LogP contribution in [-0.4, -0.2) is 51.1 Å². The SMILES string of the molecule is CCn1c(=O)c(-c2ccc(-c3cccc(C)n3)cc2Cl)cc2cnc(N[C@H]3CC[C@H](CN(C)C)CC3)nc21. The van der Waals surface area contributed by atoms with E-state index in [1.807, 2.05) is 56.3 Å². The normalized spacial score (nSPS) is 17.7. The van der Waals surface area contributed by atoms with Gasteiger partial charge >= 0.3 is 0 Å². The van der Waals surface area contributed by atoms with Crippen molar-refractivity contribution in [2.75, 3.05) is 26.0 Å². The maximum Gasteiger partial charge on any atom is 0.260 e. The molecule has 0 bridgehead atoms. The highest BCUT2D eigenvalue weighted by atomic mass is 35.5. The molecule has 0 atom stereocenters. The fraction of sp³-hybridized carbons (Fsp3) is 0.400. The molecule has 1 aliphatic rings. The highest BCUT2D eigenvalue weighted by Crippen LogP contribution is 2.32. The number of aromatic nitrogens is 4. The molecule has 0 amide bonds. The fourth-order valence-electron chi connectivity index (χ4n) is 5.50. The molecule has 3 aromatic heterocycles. The van der Waals surface area contributed by atoms with Crippen LogP contribution in [0.4, 0.5) is 5.95 Å². The molecule has 8 heteroatoms. The summed E-state index contributed by atoms with van der Waals surface area (Å²) in [4.78, 5) is 29.8. The number of rotatable bonds is 7. The van der Waals surface area contributed by atoms with E-state index in [0.717, 1.165) is 47.6 Å². The third-order valence-electron chi connectivity index (χ3n) is 7.39. The van der Waals surface area contributed by atoms with Crippen LogP contribution in [0.1, 0.15) is 38.3 Å². The van der Waals surface area contributed by atoms with Gasteiger partial charge < -0.3 is 10.2 Å². The number of nitrogens with zero attached hydrogens (tertiary/aromatic N) is 5. The van der Waals surface area contributed by atoms with E-state index in [1.54, 1.807) is 10.8 Å². The Kier molecular flexibility index (Phi) is 7.77. The maximum atomic E-state index is 13.6. The van der Waals surface area contributed by atoms with Crippen molar-refractivity contribution in [2.24, 2.45) is 5.92 Å². The van der Waals surface area contributed by atoms with E-state index in [0.29, 0.717) is 40.3 Å². The lowest BCUT2D eigenvalue weighted by Gasteiger charge is -2.30. The first-order chi connectivity index (χ1) is 18.3. The van der Waals surface area contributed by atoms with Gasteiger partial charge in [0.25, 0.3) is 5.56 Å². The Morgan fingerprint density at radius 2 is 1.84 bits per heavy atom. The molecule has 1 aliphatic carbocycles. The monoisotopic (exact) mass is 530 g/mol. The van der Waals surface area contributed by atoms with Crippen LogP contribution in [0.5, 0.6) is 0 Å². The lowest BCUT2D eigenvalue weighted by atomic mass is 9.86. The summed E-state index contributed by atoms with van der Waals surface area (Å²) in [6, 6.07) is 13.8. The molecular formula is C30H35ClN6O. The van der Waals surface area contributed by atoms with Gasteiger partial charge in [0.2, 0.25) is 5.95 Å². The molecule has 0 aliphatic heterocycles. The predicted molar refractivity (Wildman–Crippen MR) is 156 cm³/mol. The van der Waals surface area contributed by atoms with Crippen molar-refractivity contribution in [3.05, 3.63) is 69.7 Å². The average molecular weight is 531 g/mol. The number of hydrogen-bond donors (Lipinski definition) is 1. The lowest BCUT2D eigenvalue weighted by Crippen LogP contribution is -2.31. The van der Waals surface area contributed by atoms with Gasteiger partial charge in [-0.3, -0.25) is 14.3 Å². The van der Waals surface area contributed by atoms with Crippen molar-refractivity contribution in [3.63, 3.8) is 0 Å². The van der Waals surface area contributed by atoms with Crippen LogP contribution in [0.3, 0.4) is 0 Å². The van der Waals surface area contributed by atoms with Crippen molar-refractivity contribution < 1.29 is 0 Å². The highest BCUT2D eigenvalue weighted by Gasteiger charge is 2.22. The van der Waals surface area contributed by atoms with Crippen LogP contribution in [-0.2, 0) is 6.54 Å². The summed E-state index contributed by atoms with van der Waals surface area (Å²) in [7, 11) is 4.27. The molecule has 38 heavy (non-hydrogen) atoms. The van der Waals surface area contributed by atoms with Crippen LogP contribution in [0.2, 0.25) is 5.02 Å². The smallest absolute Gasteiger partial charge is 0.260 e. The van der Waals surface area contributed by atoms with E-state index in [1.165, 1.54) is 12.8 Å². The van der Waals surface area contributed by atoms with Crippen LogP contribution in [0.15, 0.2) is 53.5 Å². The predicted octanol–water partition coefficient (Wildman–Crippen LogP) is 6.03. The second-order valence-corrected chi connectivity index (χ2v) is 11.0. The molecule has 198 valence electrons. The number of aryl methyl sites for hydroxylation is 2. The first-order valence-corrected chi connectivity index (χ1v) is 13.8. The van der Waals surface area contributed by atoms with E-state index < -0.39 is 0 Å². The number of halogens is 1. The Hall–Kier alpha value is -3.29. The van der Waals surface area contributed by atoms with Gasteiger partial charge in [0.1, 0.15) is 5.65 Å². The fourth-order valence-corrected chi connectivity index (χ4v) is 5.78. The summed E-state index contributed by atoms with van der Waals surface area (Å²) in [5.41, 5.74) is 4.45. The third-order valence-corrected chi connectivity index (χ3v) is 7.70. The molecule has 1 aromatic carbocycles. The van der Waals surface area contributed by atoms with Crippen molar-refractivity contribution in [2.45, 2.75) is 52.1 Å². The molecule has 1 saturated carbocycles. The average Bonchev–Trinajstić information content (AvgIpc) is 2.89. The number of hydrogen-bond acceptors (Lipinski definition) is 6. The topological polar surface area (TPSA) is 75.9 Å². The molecule has 5 rings (SSSR count). The molecule has 0 unspecified atom stereocenters. The summed E-state index contributed by atoms with van der Waals surface area (Å²) >= 11 is 6.72.